The molecular formula is C13H21ClN2O2S. The first kappa shape index (κ1) is 16.3. The van der Waals surface area contributed by atoms with Crippen LogP contribution in [0.3, 0.4) is 0 Å². The van der Waals surface area contributed by atoms with Crippen LogP contribution in [0.2, 0.25) is 5.02 Å². The molecule has 6 heteroatoms. The lowest BCUT2D eigenvalue weighted by Gasteiger charge is -2.23. The molecule has 0 radical (unpaired) electrons. The van der Waals surface area contributed by atoms with E-state index >= 15 is 0 Å². The third-order valence-electron chi connectivity index (χ3n) is 3.31. The highest BCUT2D eigenvalue weighted by atomic mass is 35.5. The Labute approximate surface area is 120 Å². The third kappa shape index (κ3) is 4.09. The molecular weight excluding hydrogens is 284 g/mol. The number of anilines is 1. The van der Waals surface area contributed by atoms with E-state index in [0.29, 0.717) is 12.2 Å². The van der Waals surface area contributed by atoms with E-state index in [1.54, 1.807) is 13.0 Å². The molecule has 0 saturated heterocycles. The van der Waals surface area contributed by atoms with Gasteiger partial charge in [0, 0.05) is 12.2 Å². The zero-order valence-electron chi connectivity index (χ0n) is 11.7. The second-order valence-corrected chi connectivity index (χ2v) is 7.62. The zero-order chi connectivity index (χ0) is 14.8. The molecule has 0 atom stereocenters. The summed E-state index contributed by atoms with van der Waals surface area (Å²) >= 11 is 6.00. The first-order chi connectivity index (χ1) is 8.59. The largest absolute Gasteiger partial charge is 0.398 e. The maximum absolute atomic E-state index is 12.2. The molecule has 3 N–H and O–H groups in total. The fourth-order valence-electron chi connectivity index (χ4n) is 1.37. The quantitative estimate of drug-likeness (QED) is 0.822. The SMILES string of the molecule is CCC(C)(C)CNS(=O)(=O)c1cc(N)c(C)cc1Cl. The fourth-order valence-corrected chi connectivity index (χ4v) is 3.22. The minimum absolute atomic E-state index is 0.0316. The highest BCUT2D eigenvalue weighted by Crippen LogP contribution is 2.27. The van der Waals surface area contributed by atoms with Crippen molar-refractivity contribution in [2.75, 3.05) is 12.3 Å². The van der Waals surface area contributed by atoms with Gasteiger partial charge in [0.25, 0.3) is 0 Å². The van der Waals surface area contributed by atoms with Crippen molar-refractivity contribution in [3.63, 3.8) is 0 Å². The highest BCUT2D eigenvalue weighted by Gasteiger charge is 2.23. The molecule has 0 spiro atoms. The van der Waals surface area contributed by atoms with E-state index in [4.69, 9.17) is 17.3 Å². The van der Waals surface area contributed by atoms with Gasteiger partial charge in [-0.1, -0.05) is 32.4 Å². The Balaban J connectivity index is 3.05. The number of benzene rings is 1. The average molecular weight is 305 g/mol. The van der Waals surface area contributed by atoms with Crippen molar-refractivity contribution in [1.82, 2.24) is 4.72 Å². The molecule has 1 rings (SSSR count). The molecule has 0 aliphatic carbocycles. The van der Waals surface area contributed by atoms with Crippen molar-refractivity contribution in [2.45, 2.75) is 39.0 Å². The summed E-state index contributed by atoms with van der Waals surface area (Å²) in [6, 6.07) is 2.97. The van der Waals surface area contributed by atoms with E-state index in [1.165, 1.54) is 6.07 Å². The Bertz CT molecular complexity index is 568. The van der Waals surface area contributed by atoms with Gasteiger partial charge >= 0.3 is 0 Å². The first-order valence-electron chi connectivity index (χ1n) is 6.14. The van der Waals surface area contributed by atoms with Gasteiger partial charge in [0.1, 0.15) is 4.90 Å². The van der Waals surface area contributed by atoms with Crippen LogP contribution in [0, 0.1) is 12.3 Å². The van der Waals surface area contributed by atoms with E-state index in [-0.39, 0.29) is 15.3 Å². The number of sulfonamides is 1. The van der Waals surface area contributed by atoms with Crippen LogP contribution in [-0.2, 0) is 10.0 Å². The van der Waals surface area contributed by atoms with Gasteiger partial charge in [-0.25, -0.2) is 13.1 Å². The van der Waals surface area contributed by atoms with Gasteiger partial charge in [0.15, 0.2) is 0 Å². The lowest BCUT2D eigenvalue weighted by atomic mass is 9.91. The average Bonchev–Trinajstić information content (AvgIpc) is 2.31. The van der Waals surface area contributed by atoms with Crippen LogP contribution in [0.1, 0.15) is 32.8 Å². The van der Waals surface area contributed by atoms with Crippen LogP contribution in [0.15, 0.2) is 17.0 Å². The lowest BCUT2D eigenvalue weighted by Crippen LogP contribution is -2.33. The van der Waals surface area contributed by atoms with Crippen molar-refractivity contribution in [1.29, 1.82) is 0 Å². The predicted octanol–water partition coefficient (Wildman–Crippen LogP) is 2.95. The standard InChI is InChI=1S/C13H21ClN2O2S/c1-5-13(3,4)8-16-19(17,18)12-7-11(15)9(2)6-10(12)14/h6-7,16H,5,8,15H2,1-4H3. The lowest BCUT2D eigenvalue weighted by molar-refractivity contribution is 0.350. The first-order valence-corrected chi connectivity index (χ1v) is 8.00. The van der Waals surface area contributed by atoms with Gasteiger partial charge in [-0.2, -0.15) is 0 Å². The third-order valence-corrected chi connectivity index (χ3v) is 5.17. The number of nitrogens with two attached hydrogens (primary N) is 1. The van der Waals surface area contributed by atoms with E-state index in [9.17, 15) is 8.42 Å². The Morgan fingerprint density at radius 2 is 1.95 bits per heavy atom. The summed E-state index contributed by atoms with van der Waals surface area (Å²) in [7, 11) is -3.64. The molecule has 1 aromatic rings. The Kier molecular flexibility index (Phi) is 4.87. The second-order valence-electron chi connectivity index (χ2n) is 5.48. The molecule has 4 nitrogen and oxygen atoms in total. The molecule has 0 bridgehead atoms. The number of hydrogen-bond acceptors (Lipinski definition) is 3. The maximum atomic E-state index is 12.2. The summed E-state index contributed by atoms with van der Waals surface area (Å²) < 4.78 is 27.0. The molecule has 0 saturated carbocycles. The Hall–Kier alpha value is -0.780. The summed E-state index contributed by atoms with van der Waals surface area (Å²) in [6.07, 6.45) is 0.874. The van der Waals surface area contributed by atoms with Crippen LogP contribution in [0.5, 0.6) is 0 Å². The topological polar surface area (TPSA) is 72.2 Å². The van der Waals surface area contributed by atoms with Crippen molar-refractivity contribution in [3.8, 4) is 0 Å². The van der Waals surface area contributed by atoms with Crippen molar-refractivity contribution in [3.05, 3.63) is 22.7 Å². The number of rotatable bonds is 5. The van der Waals surface area contributed by atoms with Crippen LogP contribution in [0.25, 0.3) is 0 Å². The summed E-state index contributed by atoms with van der Waals surface area (Å²) in [6.45, 7) is 8.16. The normalized spacial score (nSPS) is 12.7. The van der Waals surface area contributed by atoms with Gasteiger partial charge in [-0.15, -0.1) is 0 Å². The highest BCUT2D eigenvalue weighted by molar-refractivity contribution is 7.89. The molecule has 0 aromatic heterocycles. The number of halogens is 1. The van der Waals surface area contributed by atoms with Crippen molar-refractivity contribution in [2.24, 2.45) is 5.41 Å². The van der Waals surface area contributed by atoms with Crippen molar-refractivity contribution >= 4 is 27.3 Å². The number of aryl methyl sites for hydroxylation is 1. The molecule has 108 valence electrons. The number of nitrogen functional groups attached to an aromatic ring is 1. The fraction of sp³-hybridized carbons (Fsp3) is 0.538. The summed E-state index contributed by atoms with van der Waals surface area (Å²) in [5.41, 5.74) is 6.82. The summed E-state index contributed by atoms with van der Waals surface area (Å²) in [5, 5.41) is 0.188. The van der Waals surface area contributed by atoms with E-state index in [1.807, 2.05) is 20.8 Å². The smallest absolute Gasteiger partial charge is 0.242 e. The molecule has 1 aromatic carbocycles. The van der Waals surface area contributed by atoms with E-state index < -0.39 is 10.0 Å². The Morgan fingerprint density at radius 3 is 2.47 bits per heavy atom. The minimum Gasteiger partial charge on any atom is -0.398 e. The van der Waals surface area contributed by atoms with Gasteiger partial charge in [-0.05, 0) is 36.5 Å². The second kappa shape index (κ2) is 5.69. The Morgan fingerprint density at radius 1 is 1.37 bits per heavy atom. The molecule has 0 aliphatic rings. The molecule has 0 aliphatic heterocycles. The molecule has 19 heavy (non-hydrogen) atoms. The summed E-state index contributed by atoms with van der Waals surface area (Å²) in [4.78, 5) is 0.0316. The van der Waals surface area contributed by atoms with E-state index in [0.717, 1.165) is 12.0 Å². The molecule has 0 amide bonds. The van der Waals surface area contributed by atoms with Crippen LogP contribution in [0.4, 0.5) is 5.69 Å². The van der Waals surface area contributed by atoms with Crippen LogP contribution < -0.4 is 10.5 Å². The summed E-state index contributed by atoms with van der Waals surface area (Å²) in [5.74, 6) is 0. The number of nitrogens with one attached hydrogen (secondary N) is 1. The zero-order valence-corrected chi connectivity index (χ0v) is 13.3. The van der Waals surface area contributed by atoms with Gasteiger partial charge in [-0.3, -0.25) is 0 Å². The van der Waals surface area contributed by atoms with Gasteiger partial charge in [0.2, 0.25) is 10.0 Å². The predicted molar refractivity (Wildman–Crippen MR) is 79.9 cm³/mol. The van der Waals surface area contributed by atoms with Gasteiger partial charge in [0.05, 0.1) is 5.02 Å². The van der Waals surface area contributed by atoms with E-state index in [2.05, 4.69) is 4.72 Å². The van der Waals surface area contributed by atoms with Crippen LogP contribution in [-0.4, -0.2) is 15.0 Å². The molecule has 0 fully saturated rings. The minimum atomic E-state index is -3.64. The molecule has 0 unspecified atom stereocenters. The molecule has 0 heterocycles. The monoisotopic (exact) mass is 304 g/mol. The van der Waals surface area contributed by atoms with Gasteiger partial charge < -0.3 is 5.73 Å². The van der Waals surface area contributed by atoms with Crippen LogP contribution >= 0.6 is 11.6 Å². The number of hydrogen-bond donors (Lipinski definition) is 2. The maximum Gasteiger partial charge on any atom is 0.242 e. The van der Waals surface area contributed by atoms with Crippen molar-refractivity contribution < 1.29 is 8.42 Å².